The van der Waals surface area contributed by atoms with E-state index in [4.69, 9.17) is 14.2 Å². The van der Waals surface area contributed by atoms with Gasteiger partial charge in [-0.1, -0.05) is 0 Å². The lowest BCUT2D eigenvalue weighted by Gasteiger charge is -2.34. The molecule has 0 unspecified atom stereocenters. The van der Waals surface area contributed by atoms with Gasteiger partial charge < -0.3 is 19.1 Å². The molecule has 10 nitrogen and oxygen atoms in total. The summed E-state index contributed by atoms with van der Waals surface area (Å²) in [4.78, 5) is 15.2. The van der Waals surface area contributed by atoms with Crippen LogP contribution in [0.1, 0.15) is 17.3 Å². The van der Waals surface area contributed by atoms with E-state index in [0.717, 1.165) is 5.56 Å². The van der Waals surface area contributed by atoms with Crippen molar-refractivity contribution in [3.63, 3.8) is 0 Å². The number of ether oxygens (including phenoxy) is 3. The number of hydrogen-bond donors (Lipinski definition) is 1. The first kappa shape index (κ1) is 23.2. The van der Waals surface area contributed by atoms with E-state index >= 15 is 0 Å². The normalized spacial score (nSPS) is 16.2. The number of carbonyl (C=O) groups is 1. The molecule has 11 heteroatoms. The summed E-state index contributed by atoms with van der Waals surface area (Å²) in [7, 11) is -3.66. The zero-order chi connectivity index (χ0) is 24.4. The zero-order valence-electron chi connectivity index (χ0n) is 19.3. The highest BCUT2D eigenvalue weighted by molar-refractivity contribution is 7.89. The number of fused-ring (bicyclic) bond motifs is 1. The number of carbonyl (C=O) groups excluding carboxylic acids is 1. The molecule has 2 aromatic carbocycles. The lowest BCUT2D eigenvalue weighted by Crippen LogP contribution is -2.50. The van der Waals surface area contributed by atoms with Crippen molar-refractivity contribution in [1.82, 2.24) is 19.4 Å². The molecule has 1 N–H and O–H groups in total. The summed E-state index contributed by atoms with van der Waals surface area (Å²) in [5.74, 6) is 1.70. The molecular formula is C24H26N4O6S. The highest BCUT2D eigenvalue weighted by Crippen LogP contribution is 2.35. The maximum absolute atomic E-state index is 13.3. The van der Waals surface area contributed by atoms with Gasteiger partial charge in [-0.3, -0.25) is 9.89 Å². The second kappa shape index (κ2) is 9.59. The van der Waals surface area contributed by atoms with Gasteiger partial charge in [0.25, 0.3) is 5.91 Å². The maximum atomic E-state index is 13.3. The molecular weight excluding hydrogens is 472 g/mol. The van der Waals surface area contributed by atoms with Crippen LogP contribution in [0.4, 0.5) is 0 Å². The minimum Gasteiger partial charge on any atom is -0.494 e. The first-order chi connectivity index (χ1) is 17.0. The molecule has 0 atom stereocenters. The average molecular weight is 499 g/mol. The SMILES string of the molecule is CCOc1ccc(S(=O)(=O)N2CCN(C(=O)c3cn[nH]c3-c3ccc4c(c3)OCCO4)CC2)cc1. The Hall–Kier alpha value is -3.57. The van der Waals surface area contributed by atoms with E-state index in [1.54, 1.807) is 29.2 Å². The minimum atomic E-state index is -3.66. The monoisotopic (exact) mass is 498 g/mol. The van der Waals surface area contributed by atoms with Crippen molar-refractivity contribution in [3.8, 4) is 28.5 Å². The largest absolute Gasteiger partial charge is 0.494 e. The molecule has 2 aliphatic heterocycles. The number of nitrogens with zero attached hydrogens (tertiary/aromatic N) is 3. The molecule has 1 amide bonds. The fourth-order valence-corrected chi connectivity index (χ4v) is 5.61. The van der Waals surface area contributed by atoms with E-state index in [-0.39, 0.29) is 37.0 Å². The summed E-state index contributed by atoms with van der Waals surface area (Å²) < 4.78 is 44.1. The maximum Gasteiger partial charge on any atom is 0.257 e. The highest BCUT2D eigenvalue weighted by Gasteiger charge is 2.31. The summed E-state index contributed by atoms with van der Waals surface area (Å²) in [6, 6.07) is 11.9. The van der Waals surface area contributed by atoms with Gasteiger partial charge >= 0.3 is 0 Å². The summed E-state index contributed by atoms with van der Waals surface area (Å²) in [6.45, 7) is 4.32. The van der Waals surface area contributed by atoms with Crippen molar-refractivity contribution in [2.75, 3.05) is 46.0 Å². The van der Waals surface area contributed by atoms with Crippen molar-refractivity contribution in [2.24, 2.45) is 0 Å². The third-order valence-electron chi connectivity index (χ3n) is 6.00. The predicted octanol–water partition coefficient (Wildman–Crippen LogP) is 2.39. The van der Waals surface area contributed by atoms with Crippen LogP contribution in [0, 0.1) is 0 Å². The highest BCUT2D eigenvalue weighted by atomic mass is 32.2. The zero-order valence-corrected chi connectivity index (χ0v) is 20.1. The summed E-state index contributed by atoms with van der Waals surface area (Å²) in [5.41, 5.74) is 1.76. The number of rotatable bonds is 6. The van der Waals surface area contributed by atoms with Crippen LogP contribution in [-0.4, -0.2) is 79.7 Å². The number of nitrogens with one attached hydrogen (secondary N) is 1. The van der Waals surface area contributed by atoms with E-state index < -0.39 is 10.0 Å². The number of benzene rings is 2. The van der Waals surface area contributed by atoms with Gasteiger partial charge in [-0.2, -0.15) is 9.40 Å². The Bertz CT molecular complexity index is 1310. The fraction of sp³-hybridized carbons (Fsp3) is 0.333. The molecule has 184 valence electrons. The van der Waals surface area contributed by atoms with Crippen LogP contribution in [0.25, 0.3) is 11.3 Å². The van der Waals surface area contributed by atoms with Crippen molar-refractivity contribution >= 4 is 15.9 Å². The van der Waals surface area contributed by atoms with E-state index in [2.05, 4.69) is 10.2 Å². The Morgan fingerprint density at radius 3 is 2.46 bits per heavy atom. The Balaban J connectivity index is 1.28. The molecule has 1 fully saturated rings. The van der Waals surface area contributed by atoms with Gasteiger partial charge in [0.05, 0.1) is 29.0 Å². The number of amides is 1. The van der Waals surface area contributed by atoms with Gasteiger partial charge in [0.2, 0.25) is 10.0 Å². The van der Waals surface area contributed by atoms with Crippen LogP contribution in [-0.2, 0) is 10.0 Å². The van der Waals surface area contributed by atoms with E-state index in [0.29, 0.717) is 48.3 Å². The third-order valence-corrected chi connectivity index (χ3v) is 7.91. The molecule has 0 aliphatic carbocycles. The van der Waals surface area contributed by atoms with Crippen LogP contribution in [0.15, 0.2) is 53.6 Å². The quantitative estimate of drug-likeness (QED) is 0.555. The van der Waals surface area contributed by atoms with Crippen molar-refractivity contribution in [1.29, 1.82) is 0 Å². The third kappa shape index (κ3) is 4.56. The second-order valence-corrected chi connectivity index (χ2v) is 10.1. The lowest BCUT2D eigenvalue weighted by molar-refractivity contribution is 0.0698. The minimum absolute atomic E-state index is 0.205. The van der Waals surface area contributed by atoms with Gasteiger partial charge in [0, 0.05) is 31.7 Å². The van der Waals surface area contributed by atoms with Gasteiger partial charge in [0.1, 0.15) is 19.0 Å². The van der Waals surface area contributed by atoms with Gasteiger partial charge in [0.15, 0.2) is 11.5 Å². The molecule has 2 aliphatic rings. The molecule has 0 spiro atoms. The number of hydrogen-bond acceptors (Lipinski definition) is 7. The summed E-state index contributed by atoms with van der Waals surface area (Å²) >= 11 is 0. The van der Waals surface area contributed by atoms with Crippen LogP contribution in [0.5, 0.6) is 17.2 Å². The molecule has 3 heterocycles. The summed E-state index contributed by atoms with van der Waals surface area (Å²) in [6.07, 6.45) is 1.50. The van der Waals surface area contributed by atoms with Crippen molar-refractivity contribution in [3.05, 3.63) is 54.2 Å². The molecule has 5 rings (SSSR count). The number of H-pyrrole nitrogens is 1. The smallest absolute Gasteiger partial charge is 0.257 e. The fourth-order valence-electron chi connectivity index (χ4n) is 4.19. The van der Waals surface area contributed by atoms with Crippen LogP contribution < -0.4 is 14.2 Å². The number of sulfonamides is 1. The van der Waals surface area contributed by atoms with Gasteiger partial charge in [-0.25, -0.2) is 8.42 Å². The first-order valence-electron chi connectivity index (χ1n) is 11.4. The molecule has 1 saturated heterocycles. The standard InChI is InChI=1S/C24H26N4O6S/c1-2-32-18-4-6-19(7-5-18)35(30,31)28-11-9-27(10-12-28)24(29)20-16-25-26-23(20)17-3-8-21-22(15-17)34-14-13-33-21/h3-8,15-16H,2,9-14H2,1H3,(H,25,26). The molecule has 0 bridgehead atoms. The first-order valence-corrected chi connectivity index (χ1v) is 12.9. The average Bonchev–Trinajstić information content (AvgIpc) is 3.39. The van der Waals surface area contributed by atoms with Crippen LogP contribution >= 0.6 is 0 Å². The van der Waals surface area contributed by atoms with E-state index in [9.17, 15) is 13.2 Å². The Morgan fingerprint density at radius 1 is 1.03 bits per heavy atom. The topological polar surface area (TPSA) is 114 Å². The Labute approximate surface area is 203 Å². The Kier molecular flexibility index (Phi) is 6.35. The number of piperazine rings is 1. The molecule has 0 radical (unpaired) electrons. The number of aromatic nitrogens is 2. The molecule has 35 heavy (non-hydrogen) atoms. The van der Waals surface area contributed by atoms with Crippen LogP contribution in [0.2, 0.25) is 0 Å². The summed E-state index contributed by atoms with van der Waals surface area (Å²) in [5, 5.41) is 6.99. The van der Waals surface area contributed by atoms with Gasteiger partial charge in [-0.15, -0.1) is 0 Å². The molecule has 0 saturated carbocycles. The van der Waals surface area contributed by atoms with Crippen molar-refractivity contribution in [2.45, 2.75) is 11.8 Å². The van der Waals surface area contributed by atoms with E-state index in [1.807, 2.05) is 25.1 Å². The molecule has 3 aromatic rings. The van der Waals surface area contributed by atoms with Crippen molar-refractivity contribution < 1.29 is 27.4 Å². The predicted molar refractivity (Wildman–Crippen MR) is 127 cm³/mol. The van der Waals surface area contributed by atoms with Gasteiger partial charge in [-0.05, 0) is 49.4 Å². The second-order valence-electron chi connectivity index (χ2n) is 8.12. The Morgan fingerprint density at radius 2 is 1.74 bits per heavy atom. The van der Waals surface area contributed by atoms with Crippen LogP contribution in [0.3, 0.4) is 0 Å². The lowest BCUT2D eigenvalue weighted by atomic mass is 10.1. The van der Waals surface area contributed by atoms with E-state index in [1.165, 1.54) is 10.5 Å². The number of aromatic amines is 1. The molecule has 1 aromatic heterocycles.